The summed E-state index contributed by atoms with van der Waals surface area (Å²) in [4.78, 5) is 5.62. The molecule has 0 saturated heterocycles. The van der Waals surface area contributed by atoms with Gasteiger partial charge in [-0.2, -0.15) is 10.5 Å². The van der Waals surface area contributed by atoms with Crippen LogP contribution < -0.4 is 9.47 Å². The second kappa shape index (κ2) is 8.87. The van der Waals surface area contributed by atoms with Crippen LogP contribution in [0.1, 0.15) is 11.1 Å². The van der Waals surface area contributed by atoms with Gasteiger partial charge in [-0.05, 0) is 12.1 Å². The summed E-state index contributed by atoms with van der Waals surface area (Å²) in [6.45, 7) is 0. The zero-order valence-corrected chi connectivity index (χ0v) is 18.0. The first-order valence-corrected chi connectivity index (χ1v) is 10.1. The molecule has 0 unspecified atom stereocenters. The number of halogens is 4. The van der Waals surface area contributed by atoms with Crippen molar-refractivity contribution in [3.63, 3.8) is 0 Å². The summed E-state index contributed by atoms with van der Waals surface area (Å²) in [6, 6.07) is 13.9. The molecule has 0 radical (unpaired) electrons. The molecule has 0 atom stereocenters. The van der Waals surface area contributed by atoms with E-state index in [1.165, 1.54) is 12.3 Å². The first kappa shape index (κ1) is 22.2. The Morgan fingerprint density at radius 2 is 1.33 bits per heavy atom. The summed E-state index contributed by atoms with van der Waals surface area (Å²) >= 11 is 12.0. The van der Waals surface area contributed by atoms with Gasteiger partial charge in [-0.3, -0.25) is 0 Å². The van der Waals surface area contributed by atoms with E-state index in [4.69, 9.17) is 33.7 Å². The SMILES string of the molecule is N#Cc1c[nH]cc1-c1cccc(Cl)c1Cl.N#Cc1c[nH]cc1-c1cccc2c1OC(F)(F)O2. The van der Waals surface area contributed by atoms with Crippen molar-refractivity contribution in [2.45, 2.75) is 6.29 Å². The topological polar surface area (TPSA) is 97.6 Å². The Hall–Kier alpha value is -3.98. The fraction of sp³-hybridized carbons (Fsp3) is 0.0435. The van der Waals surface area contributed by atoms with Crippen LogP contribution >= 0.6 is 23.2 Å². The van der Waals surface area contributed by atoms with Crippen LogP contribution in [-0.4, -0.2) is 16.3 Å². The molecule has 0 aliphatic carbocycles. The lowest BCUT2D eigenvalue weighted by atomic mass is 10.0. The van der Waals surface area contributed by atoms with E-state index in [1.54, 1.807) is 42.9 Å². The molecule has 0 amide bonds. The van der Waals surface area contributed by atoms with Crippen molar-refractivity contribution in [1.29, 1.82) is 10.5 Å². The quantitative estimate of drug-likeness (QED) is 0.329. The Labute approximate surface area is 196 Å². The van der Waals surface area contributed by atoms with Crippen molar-refractivity contribution in [3.8, 4) is 45.9 Å². The van der Waals surface area contributed by atoms with Crippen LogP contribution in [-0.2, 0) is 0 Å². The molecule has 2 N–H and O–H groups in total. The Balaban J connectivity index is 0.000000160. The first-order chi connectivity index (χ1) is 15.8. The summed E-state index contributed by atoms with van der Waals surface area (Å²) in [5.41, 5.74) is 3.33. The summed E-state index contributed by atoms with van der Waals surface area (Å²) < 4.78 is 34.9. The number of benzene rings is 2. The van der Waals surface area contributed by atoms with Crippen LogP contribution in [0, 0.1) is 22.7 Å². The van der Waals surface area contributed by atoms with E-state index in [-0.39, 0.29) is 11.5 Å². The van der Waals surface area contributed by atoms with Crippen molar-refractivity contribution in [2.75, 3.05) is 0 Å². The minimum atomic E-state index is -3.67. The van der Waals surface area contributed by atoms with Gasteiger partial charge in [-0.1, -0.05) is 47.5 Å². The minimum absolute atomic E-state index is 0.0393. The Morgan fingerprint density at radius 3 is 1.97 bits per heavy atom. The highest BCUT2D eigenvalue weighted by atomic mass is 35.5. The van der Waals surface area contributed by atoms with Gasteiger partial charge in [0, 0.05) is 47.0 Å². The lowest BCUT2D eigenvalue weighted by Gasteiger charge is -2.06. The van der Waals surface area contributed by atoms with Crippen molar-refractivity contribution in [2.24, 2.45) is 0 Å². The molecule has 2 aromatic heterocycles. The number of alkyl halides is 2. The molecule has 1 aliphatic rings. The molecule has 0 bridgehead atoms. The maximum Gasteiger partial charge on any atom is 0.586 e. The normalized spacial score (nSPS) is 12.9. The van der Waals surface area contributed by atoms with E-state index in [0.717, 1.165) is 11.1 Å². The van der Waals surface area contributed by atoms with Crippen LogP contribution in [0.5, 0.6) is 11.5 Å². The van der Waals surface area contributed by atoms with Gasteiger partial charge in [-0.15, -0.1) is 8.78 Å². The molecule has 4 aromatic rings. The lowest BCUT2D eigenvalue weighted by molar-refractivity contribution is -0.286. The minimum Gasteiger partial charge on any atom is -0.395 e. The predicted molar refractivity (Wildman–Crippen MR) is 118 cm³/mol. The number of aromatic nitrogens is 2. The number of para-hydroxylation sites is 1. The number of fused-ring (bicyclic) bond motifs is 1. The Bertz CT molecular complexity index is 1420. The smallest absolute Gasteiger partial charge is 0.395 e. The number of aromatic amines is 2. The van der Waals surface area contributed by atoms with Crippen LogP contribution in [0.2, 0.25) is 10.0 Å². The molecule has 164 valence electrons. The molecule has 10 heteroatoms. The molecule has 0 saturated carbocycles. The van der Waals surface area contributed by atoms with Crippen molar-refractivity contribution in [3.05, 3.63) is 82.4 Å². The highest BCUT2D eigenvalue weighted by Gasteiger charge is 2.44. The fourth-order valence-electron chi connectivity index (χ4n) is 3.25. The molecule has 3 heterocycles. The summed E-state index contributed by atoms with van der Waals surface area (Å²) in [7, 11) is 0. The van der Waals surface area contributed by atoms with Gasteiger partial charge in [0.2, 0.25) is 0 Å². The fourth-order valence-corrected chi connectivity index (χ4v) is 3.65. The Morgan fingerprint density at radius 1 is 0.758 bits per heavy atom. The average Bonchev–Trinajstić information content (AvgIpc) is 3.52. The molecule has 0 fully saturated rings. The Kier molecular flexibility index (Phi) is 5.97. The zero-order valence-electron chi connectivity index (χ0n) is 16.5. The standard InChI is InChI=1S/C12H6F2N2O2.C11H6Cl2N2/c13-12(14)17-10-3-1-2-8(11(10)18-12)9-6-16-5-7(9)4-15;12-10-3-1-2-8(11(10)13)9-6-15-5-7(9)4-14/h1-3,5-6,16H;1-3,5-6,15H. The maximum atomic E-state index is 13.0. The number of nitriles is 2. The van der Waals surface area contributed by atoms with Crippen LogP contribution in [0.3, 0.4) is 0 Å². The second-order valence-corrected chi connectivity index (χ2v) is 7.48. The van der Waals surface area contributed by atoms with E-state index in [1.807, 2.05) is 12.1 Å². The van der Waals surface area contributed by atoms with E-state index >= 15 is 0 Å². The molecule has 1 aliphatic heterocycles. The third-order valence-electron chi connectivity index (χ3n) is 4.69. The molecule has 5 rings (SSSR count). The van der Waals surface area contributed by atoms with E-state index in [9.17, 15) is 8.78 Å². The highest BCUT2D eigenvalue weighted by Crippen LogP contribution is 2.47. The number of ether oxygens (including phenoxy) is 2. The van der Waals surface area contributed by atoms with Gasteiger partial charge in [-0.25, -0.2) is 0 Å². The van der Waals surface area contributed by atoms with Crippen LogP contribution in [0.15, 0.2) is 61.2 Å². The van der Waals surface area contributed by atoms with Gasteiger partial charge in [0.05, 0.1) is 21.2 Å². The first-order valence-electron chi connectivity index (χ1n) is 9.32. The third kappa shape index (κ3) is 4.35. The molecular formula is C23H12Cl2F2N4O2. The molecule has 6 nitrogen and oxygen atoms in total. The monoisotopic (exact) mass is 484 g/mol. The van der Waals surface area contributed by atoms with Gasteiger partial charge in [0.15, 0.2) is 11.5 Å². The third-order valence-corrected chi connectivity index (χ3v) is 5.51. The zero-order chi connectivity index (χ0) is 23.6. The van der Waals surface area contributed by atoms with Gasteiger partial charge >= 0.3 is 6.29 Å². The average molecular weight is 485 g/mol. The van der Waals surface area contributed by atoms with E-state index in [0.29, 0.717) is 32.3 Å². The van der Waals surface area contributed by atoms with E-state index in [2.05, 4.69) is 25.5 Å². The number of nitrogens with zero attached hydrogens (tertiary/aromatic N) is 2. The maximum absolute atomic E-state index is 13.0. The summed E-state index contributed by atoms with van der Waals surface area (Å²) in [6.07, 6.45) is 2.74. The van der Waals surface area contributed by atoms with Crippen molar-refractivity contribution < 1.29 is 18.3 Å². The van der Waals surface area contributed by atoms with Crippen molar-refractivity contribution >= 4 is 23.2 Å². The number of nitrogens with one attached hydrogen (secondary N) is 2. The number of H-pyrrole nitrogens is 2. The summed E-state index contributed by atoms with van der Waals surface area (Å²) in [5, 5.41) is 18.8. The number of hydrogen-bond acceptors (Lipinski definition) is 4. The van der Waals surface area contributed by atoms with E-state index < -0.39 is 6.29 Å². The molecule has 0 spiro atoms. The molecule has 33 heavy (non-hydrogen) atoms. The number of hydrogen-bond donors (Lipinski definition) is 2. The highest BCUT2D eigenvalue weighted by molar-refractivity contribution is 6.43. The predicted octanol–water partition coefficient (Wildman–Crippen LogP) is 6.74. The van der Waals surface area contributed by atoms with Gasteiger partial charge in [0.1, 0.15) is 12.1 Å². The van der Waals surface area contributed by atoms with Gasteiger partial charge in [0.25, 0.3) is 0 Å². The number of rotatable bonds is 2. The van der Waals surface area contributed by atoms with Crippen LogP contribution in [0.4, 0.5) is 8.78 Å². The van der Waals surface area contributed by atoms with Crippen LogP contribution in [0.25, 0.3) is 22.3 Å². The van der Waals surface area contributed by atoms with Crippen molar-refractivity contribution in [1.82, 2.24) is 9.97 Å². The van der Waals surface area contributed by atoms with Gasteiger partial charge < -0.3 is 19.4 Å². The summed E-state index contributed by atoms with van der Waals surface area (Å²) in [5.74, 6) is -0.0961. The lowest BCUT2D eigenvalue weighted by Crippen LogP contribution is -2.26. The second-order valence-electron chi connectivity index (χ2n) is 6.69. The molecular weight excluding hydrogens is 473 g/mol. The largest absolute Gasteiger partial charge is 0.586 e. The molecule has 2 aromatic carbocycles.